The molecule has 0 N–H and O–H groups in total. The zero-order chi connectivity index (χ0) is 17.2. The largest absolute Gasteiger partial charge is 0.217 e. The van der Waals surface area contributed by atoms with E-state index < -0.39 is 0 Å². The summed E-state index contributed by atoms with van der Waals surface area (Å²) in [7, 11) is 0. The summed E-state index contributed by atoms with van der Waals surface area (Å²) in [5.41, 5.74) is 4.17. The molecule has 1 aromatic heterocycles. The van der Waals surface area contributed by atoms with Gasteiger partial charge in [0.2, 0.25) is 21.1 Å². The van der Waals surface area contributed by atoms with Crippen molar-refractivity contribution >= 4 is 11.3 Å². The summed E-state index contributed by atoms with van der Waals surface area (Å²) in [4.78, 5) is 2.76. The van der Waals surface area contributed by atoms with Crippen LogP contribution in [0.15, 0.2) is 36.4 Å². The Balaban J connectivity index is 1.74. The first kappa shape index (κ1) is 19.1. The van der Waals surface area contributed by atoms with Gasteiger partial charge in [-0.25, -0.2) is 0 Å². The molecule has 0 unspecified atom stereocenters. The second-order valence-electron chi connectivity index (χ2n) is 6.99. The van der Waals surface area contributed by atoms with Gasteiger partial charge in [-0.1, -0.05) is 76.1 Å². The maximum Gasteiger partial charge on any atom is 0.217 e. The highest BCUT2D eigenvalue weighted by molar-refractivity contribution is 7.11. The molecule has 0 atom stereocenters. The molecule has 1 aromatic carbocycles. The minimum absolute atomic E-state index is 1.23. The lowest BCUT2D eigenvalue weighted by Crippen LogP contribution is -1.87. The van der Waals surface area contributed by atoms with Gasteiger partial charge in [-0.3, -0.25) is 0 Å². The van der Waals surface area contributed by atoms with E-state index in [9.17, 15) is 0 Å². The first-order valence-corrected chi connectivity index (χ1v) is 10.5. The fourth-order valence-electron chi connectivity index (χ4n) is 3.29. The van der Waals surface area contributed by atoms with Crippen LogP contribution in [0.3, 0.4) is 0 Å². The second-order valence-corrected chi connectivity index (χ2v) is 8.48. The topological polar surface area (TPSA) is 0 Å². The summed E-state index contributed by atoms with van der Waals surface area (Å²) in [6, 6.07) is 13.8. The molecule has 1 heterocycles. The van der Waals surface area contributed by atoms with E-state index in [1.54, 1.807) is 0 Å². The third-order valence-electron chi connectivity index (χ3n) is 4.65. The highest BCUT2D eigenvalue weighted by atomic mass is 32.1. The van der Waals surface area contributed by atoms with Gasteiger partial charge in [-0.2, -0.15) is 0 Å². The van der Waals surface area contributed by atoms with Crippen LogP contribution in [-0.2, 0) is 6.42 Å². The quantitative estimate of drug-likeness (QED) is 0.303. The normalized spacial score (nSPS) is 11.0. The molecular formula is C23H33S+. The standard InChI is InChI=1S/C23H33S/c1-4-5-6-7-8-9-10-11-12-21-13-15-22(16-14-21)23-17-19(2)24-20(3)18-23/h13-18H,4-12H2,1-3H3/q+1. The molecule has 1 heteroatoms. The van der Waals surface area contributed by atoms with Crippen molar-refractivity contribution in [2.75, 3.05) is 0 Å². The van der Waals surface area contributed by atoms with Crippen molar-refractivity contribution < 1.29 is 0 Å². The summed E-state index contributed by atoms with van der Waals surface area (Å²) < 4.78 is 0. The molecule has 0 saturated heterocycles. The van der Waals surface area contributed by atoms with Gasteiger partial charge in [0.15, 0.2) is 0 Å². The van der Waals surface area contributed by atoms with Gasteiger partial charge in [-0.15, -0.1) is 0 Å². The lowest BCUT2D eigenvalue weighted by molar-refractivity contribution is 0.575. The highest BCUT2D eigenvalue weighted by Gasteiger charge is 2.08. The van der Waals surface area contributed by atoms with Gasteiger partial charge in [0.25, 0.3) is 0 Å². The van der Waals surface area contributed by atoms with E-state index in [0.29, 0.717) is 0 Å². The average molecular weight is 342 g/mol. The maximum atomic E-state index is 2.32. The third-order valence-corrected chi connectivity index (χ3v) is 5.53. The molecule has 2 aromatic rings. The summed E-state index contributed by atoms with van der Waals surface area (Å²) in [5, 5.41) is 0. The summed E-state index contributed by atoms with van der Waals surface area (Å²) in [5.74, 6) is 0. The molecule has 0 spiro atoms. The smallest absolute Gasteiger partial charge is 0.0654 e. The average Bonchev–Trinajstić information content (AvgIpc) is 2.57. The molecule has 0 aliphatic carbocycles. The Morgan fingerprint density at radius 1 is 0.667 bits per heavy atom. The van der Waals surface area contributed by atoms with Crippen LogP contribution < -0.4 is 0 Å². The second kappa shape index (κ2) is 10.6. The van der Waals surface area contributed by atoms with Crippen molar-refractivity contribution in [3.8, 4) is 11.1 Å². The zero-order valence-corrected chi connectivity index (χ0v) is 16.6. The van der Waals surface area contributed by atoms with Crippen LogP contribution in [0.4, 0.5) is 0 Å². The van der Waals surface area contributed by atoms with Crippen LogP contribution >= 0.6 is 11.3 Å². The number of rotatable bonds is 10. The van der Waals surface area contributed by atoms with Gasteiger partial charge in [0.05, 0.1) is 0 Å². The monoisotopic (exact) mass is 341 g/mol. The van der Waals surface area contributed by atoms with Gasteiger partial charge < -0.3 is 0 Å². The Kier molecular flexibility index (Phi) is 8.45. The van der Waals surface area contributed by atoms with Crippen LogP contribution in [0.1, 0.15) is 73.6 Å². The highest BCUT2D eigenvalue weighted by Crippen LogP contribution is 2.25. The van der Waals surface area contributed by atoms with Crippen LogP contribution in [-0.4, -0.2) is 0 Å². The zero-order valence-electron chi connectivity index (χ0n) is 15.7. The third kappa shape index (κ3) is 6.73. The molecule has 0 radical (unpaired) electrons. The van der Waals surface area contributed by atoms with Crippen molar-refractivity contribution in [3.63, 3.8) is 0 Å². The van der Waals surface area contributed by atoms with Gasteiger partial charge in [0, 0.05) is 26.0 Å². The molecule has 0 amide bonds. The Labute approximate surface area is 153 Å². The van der Waals surface area contributed by atoms with Crippen molar-refractivity contribution in [1.82, 2.24) is 0 Å². The molecule has 0 aliphatic heterocycles. The number of unbranched alkanes of at least 4 members (excludes halogenated alkanes) is 7. The maximum absolute atomic E-state index is 2.32. The number of aryl methyl sites for hydroxylation is 3. The van der Waals surface area contributed by atoms with E-state index in [4.69, 9.17) is 0 Å². The van der Waals surface area contributed by atoms with E-state index in [0.717, 1.165) is 0 Å². The lowest BCUT2D eigenvalue weighted by Gasteiger charge is -2.05. The predicted molar refractivity (Wildman–Crippen MR) is 110 cm³/mol. The summed E-state index contributed by atoms with van der Waals surface area (Å²) in [6.45, 7) is 6.67. The minimum Gasteiger partial charge on any atom is -0.0654 e. The van der Waals surface area contributed by atoms with Crippen molar-refractivity contribution in [3.05, 3.63) is 51.7 Å². The Bertz CT molecular complexity index is 578. The molecular weight excluding hydrogens is 308 g/mol. The van der Waals surface area contributed by atoms with Crippen LogP contribution in [0.25, 0.3) is 11.1 Å². The molecule has 0 aliphatic rings. The Morgan fingerprint density at radius 2 is 1.21 bits per heavy atom. The van der Waals surface area contributed by atoms with E-state index >= 15 is 0 Å². The first-order chi connectivity index (χ1) is 11.7. The molecule has 24 heavy (non-hydrogen) atoms. The van der Waals surface area contributed by atoms with Crippen LogP contribution in [0.5, 0.6) is 0 Å². The van der Waals surface area contributed by atoms with E-state index in [1.165, 1.54) is 84.2 Å². The molecule has 0 bridgehead atoms. The van der Waals surface area contributed by atoms with Gasteiger partial charge >= 0.3 is 0 Å². The fraction of sp³-hybridized carbons (Fsp3) is 0.522. The van der Waals surface area contributed by atoms with E-state index in [-0.39, 0.29) is 0 Å². The number of hydrogen-bond acceptors (Lipinski definition) is 0. The lowest BCUT2D eigenvalue weighted by atomic mass is 10.0. The molecule has 130 valence electrons. The minimum atomic E-state index is 1.23. The van der Waals surface area contributed by atoms with E-state index in [1.807, 2.05) is 11.3 Å². The number of benzene rings is 1. The van der Waals surface area contributed by atoms with Crippen molar-refractivity contribution in [1.29, 1.82) is 0 Å². The predicted octanol–water partition coefficient (Wildman–Crippen LogP) is 8.00. The fourth-order valence-corrected chi connectivity index (χ4v) is 4.17. The Morgan fingerprint density at radius 3 is 1.79 bits per heavy atom. The molecule has 0 saturated carbocycles. The molecule has 0 nitrogen and oxygen atoms in total. The van der Waals surface area contributed by atoms with Gasteiger partial charge in [0.1, 0.15) is 0 Å². The van der Waals surface area contributed by atoms with E-state index in [2.05, 4.69) is 57.2 Å². The van der Waals surface area contributed by atoms with Gasteiger partial charge in [-0.05, 0) is 29.5 Å². The Hall–Kier alpha value is -1.21. The number of hydrogen-bond donors (Lipinski definition) is 0. The van der Waals surface area contributed by atoms with Crippen LogP contribution in [0.2, 0.25) is 0 Å². The SMILES string of the molecule is CCCCCCCCCCc1ccc(-c2cc(C)[s+]c(C)c2)cc1. The van der Waals surface area contributed by atoms with Crippen molar-refractivity contribution in [2.24, 2.45) is 0 Å². The van der Waals surface area contributed by atoms with Crippen LogP contribution in [0, 0.1) is 13.8 Å². The summed E-state index contributed by atoms with van der Waals surface area (Å²) >= 11 is 1.87. The first-order valence-electron chi connectivity index (χ1n) is 9.69. The summed E-state index contributed by atoms with van der Waals surface area (Å²) in [6.07, 6.45) is 12.4. The molecule has 2 rings (SSSR count). The van der Waals surface area contributed by atoms with Crippen molar-refractivity contribution in [2.45, 2.75) is 78.6 Å². The molecule has 0 fully saturated rings.